The zero-order valence-corrected chi connectivity index (χ0v) is 52.5. The summed E-state index contributed by atoms with van der Waals surface area (Å²) in [6, 6.07) is -1.03. The number of allylic oxidation sites excluding steroid dienone is 3. The molecule has 1 amide bonds. The van der Waals surface area contributed by atoms with E-state index in [-0.39, 0.29) is 19.4 Å². The highest BCUT2D eigenvalue weighted by Crippen LogP contribution is 2.26. The Morgan fingerprint density at radius 3 is 1.21 bits per heavy atom. The van der Waals surface area contributed by atoms with Gasteiger partial charge in [0, 0.05) is 6.42 Å². The highest BCUT2D eigenvalue weighted by Gasteiger charge is 2.47. The Kier molecular flexibility index (Phi) is 54.8. The topological polar surface area (TPSA) is 175 Å². The largest absolute Gasteiger partial charge is 0.454 e. The molecule has 0 aromatic rings. The molecule has 8 atom stereocenters. The lowest BCUT2D eigenvalue weighted by molar-refractivity contribution is -0.305. The third-order valence-corrected chi connectivity index (χ3v) is 16.6. The summed E-state index contributed by atoms with van der Waals surface area (Å²) in [6.45, 7) is 5.81. The predicted octanol–water partition coefficient (Wildman–Crippen LogP) is 17.2. The van der Waals surface area contributed by atoms with Crippen molar-refractivity contribution in [3.63, 3.8) is 0 Å². The number of rotatable bonds is 60. The fourth-order valence-corrected chi connectivity index (χ4v) is 11.1. The molecule has 1 rings (SSSR count). The summed E-state index contributed by atoms with van der Waals surface area (Å²) in [5.41, 5.74) is 0. The molecule has 80 heavy (non-hydrogen) atoms. The first-order valence-corrected chi connectivity index (χ1v) is 34.6. The zero-order chi connectivity index (χ0) is 58.2. The van der Waals surface area contributed by atoms with Crippen molar-refractivity contribution in [3.8, 4) is 0 Å². The number of aliphatic hydroxyl groups excluding tert-OH is 5. The van der Waals surface area contributed by atoms with Gasteiger partial charge in [-0.15, -0.1) is 0 Å². The Hall–Kier alpha value is -1.86. The van der Waals surface area contributed by atoms with Gasteiger partial charge in [0.1, 0.15) is 24.4 Å². The van der Waals surface area contributed by atoms with Crippen LogP contribution in [0.1, 0.15) is 342 Å². The first-order valence-electron chi connectivity index (χ1n) is 34.6. The summed E-state index contributed by atoms with van der Waals surface area (Å²) in [6.07, 6.45) is 58.2. The summed E-state index contributed by atoms with van der Waals surface area (Å²) < 4.78 is 17.7. The lowest BCUT2D eigenvalue weighted by atomic mass is 9.99. The van der Waals surface area contributed by atoms with Gasteiger partial charge in [0.05, 0.1) is 25.4 Å². The predicted molar refractivity (Wildman–Crippen MR) is 334 cm³/mol. The molecule has 6 N–H and O–H groups in total. The van der Waals surface area contributed by atoms with Gasteiger partial charge in [-0.05, 0) is 51.4 Å². The molecule has 0 aromatic carbocycles. The number of hydrogen-bond acceptors (Lipinski definition) is 10. The minimum Gasteiger partial charge on any atom is -0.454 e. The van der Waals surface area contributed by atoms with Crippen LogP contribution in [0, 0.1) is 0 Å². The molecule has 1 aliphatic rings. The van der Waals surface area contributed by atoms with Crippen LogP contribution in [0.4, 0.5) is 0 Å². The van der Waals surface area contributed by atoms with E-state index in [4.69, 9.17) is 14.2 Å². The number of amides is 1. The van der Waals surface area contributed by atoms with Gasteiger partial charge >= 0.3 is 5.97 Å². The van der Waals surface area contributed by atoms with Gasteiger partial charge in [-0.3, -0.25) is 9.59 Å². The normalized spacial score (nSPS) is 18.8. The van der Waals surface area contributed by atoms with Gasteiger partial charge in [0.25, 0.3) is 0 Å². The molecule has 0 bridgehead atoms. The number of hydrogen-bond donors (Lipinski definition) is 6. The summed E-state index contributed by atoms with van der Waals surface area (Å²) >= 11 is 0. The van der Waals surface area contributed by atoms with E-state index in [1.807, 2.05) is 6.08 Å². The lowest BCUT2D eigenvalue weighted by Gasteiger charge is -2.41. The molecule has 1 aliphatic heterocycles. The molecule has 0 aromatic heterocycles. The number of ether oxygens (including phenoxy) is 3. The highest BCUT2D eigenvalue weighted by atomic mass is 16.7. The van der Waals surface area contributed by atoms with Crippen molar-refractivity contribution < 1.29 is 49.3 Å². The van der Waals surface area contributed by atoms with E-state index >= 15 is 0 Å². The molecule has 1 saturated heterocycles. The smallest absolute Gasteiger partial charge is 0.306 e. The fourth-order valence-electron chi connectivity index (χ4n) is 11.1. The van der Waals surface area contributed by atoms with Gasteiger partial charge < -0.3 is 45.1 Å². The van der Waals surface area contributed by atoms with E-state index in [1.165, 1.54) is 238 Å². The van der Waals surface area contributed by atoms with Crippen LogP contribution in [0.25, 0.3) is 0 Å². The Bertz CT molecular complexity index is 1400. The maximum atomic E-state index is 13.4. The summed E-state index contributed by atoms with van der Waals surface area (Å²) in [7, 11) is 0. The number of carbonyl (C=O) groups excluding carboxylic acids is 2. The van der Waals surface area contributed by atoms with E-state index in [2.05, 4.69) is 38.2 Å². The quantitative estimate of drug-likeness (QED) is 0.0195. The van der Waals surface area contributed by atoms with Crippen LogP contribution in [0.2, 0.25) is 0 Å². The number of esters is 1. The van der Waals surface area contributed by atoms with E-state index < -0.39 is 67.4 Å². The van der Waals surface area contributed by atoms with E-state index in [0.717, 1.165) is 57.8 Å². The van der Waals surface area contributed by atoms with Crippen LogP contribution >= 0.6 is 0 Å². The molecule has 11 nitrogen and oxygen atoms in total. The lowest BCUT2D eigenvalue weighted by Crippen LogP contribution is -2.61. The third kappa shape index (κ3) is 44.6. The number of aliphatic hydroxyl groups is 5. The highest BCUT2D eigenvalue weighted by molar-refractivity contribution is 5.80. The molecule has 11 heteroatoms. The Labute approximate surface area is 492 Å². The first kappa shape index (κ1) is 76.2. The van der Waals surface area contributed by atoms with E-state index in [0.29, 0.717) is 12.8 Å². The molecule has 1 fully saturated rings. The second kappa shape index (κ2) is 57.6. The van der Waals surface area contributed by atoms with Gasteiger partial charge in [0.15, 0.2) is 12.4 Å². The molecular weight excluding hydrogens is 1000 g/mol. The van der Waals surface area contributed by atoms with Gasteiger partial charge in [-0.2, -0.15) is 0 Å². The van der Waals surface area contributed by atoms with Crippen LogP contribution < -0.4 is 5.32 Å². The minimum atomic E-state index is -1.61. The van der Waals surface area contributed by atoms with E-state index in [1.54, 1.807) is 6.08 Å². The maximum Gasteiger partial charge on any atom is 0.306 e. The second-order valence-corrected chi connectivity index (χ2v) is 24.3. The van der Waals surface area contributed by atoms with Gasteiger partial charge in [0.2, 0.25) is 5.91 Å². The Morgan fingerprint density at radius 1 is 0.475 bits per heavy atom. The average Bonchev–Trinajstić information content (AvgIpc) is 3.46. The van der Waals surface area contributed by atoms with Gasteiger partial charge in [-0.1, -0.05) is 308 Å². The second-order valence-electron chi connectivity index (χ2n) is 24.3. The zero-order valence-electron chi connectivity index (χ0n) is 52.5. The van der Waals surface area contributed by atoms with Crippen LogP contribution in [0.3, 0.4) is 0 Å². The van der Waals surface area contributed by atoms with Crippen LogP contribution in [0.5, 0.6) is 0 Å². The molecule has 0 saturated carbocycles. The summed E-state index contributed by atoms with van der Waals surface area (Å²) in [4.78, 5) is 26.6. The Morgan fingerprint density at radius 2 is 0.825 bits per heavy atom. The molecule has 472 valence electrons. The summed E-state index contributed by atoms with van der Waals surface area (Å²) in [5, 5.41) is 57.0. The number of carbonyl (C=O) groups is 2. The monoisotopic (exact) mass is 1130 g/mol. The fraction of sp³-hybridized carbons (Fsp3) is 0.913. The van der Waals surface area contributed by atoms with Crippen LogP contribution in [-0.2, 0) is 23.8 Å². The van der Waals surface area contributed by atoms with Crippen molar-refractivity contribution in [1.29, 1.82) is 0 Å². The first-order chi connectivity index (χ1) is 39.2. The number of nitrogens with one attached hydrogen (secondary N) is 1. The van der Waals surface area contributed by atoms with Gasteiger partial charge in [-0.25, -0.2) is 0 Å². The Balaban J connectivity index is 2.50. The molecule has 0 radical (unpaired) electrons. The molecule has 8 unspecified atom stereocenters. The molecular formula is C69H131NO10. The van der Waals surface area contributed by atoms with Crippen molar-refractivity contribution in [1.82, 2.24) is 5.32 Å². The van der Waals surface area contributed by atoms with E-state index in [9.17, 15) is 35.1 Å². The standard InChI is InChI=1S/C69H131NO10/c1-4-7-10-13-16-19-22-24-25-26-27-28-29-30-31-32-33-34-35-36-37-39-42-45-48-51-54-57-64(74)80-67-66(76)65(75)63(58-71)79-69(67)78-59-60(61(72)55-52-49-46-43-40-21-18-15-12-9-6-3)70-68(77)62(73)56-53-50-47-44-41-38-23-20-17-14-11-8-5-2/h41,44,52,55,60-63,65-67,69,71-73,75-76H,4-40,42-43,45-51,53-54,56-59H2,1-3H3,(H,70,77)/b44-41-,55-52+. The number of unbranched alkanes of at least 4 members (excludes halogenated alkanes) is 44. The third-order valence-electron chi connectivity index (χ3n) is 16.6. The maximum absolute atomic E-state index is 13.4. The molecule has 0 spiro atoms. The van der Waals surface area contributed by atoms with Crippen molar-refractivity contribution in [2.75, 3.05) is 13.2 Å². The SMILES string of the molecule is CCCCCCCCC/C=C\CCCCC(O)C(=O)NC(COC1OC(CO)C(O)C(O)C1OC(=O)CCCCCCCCCCCCCCCCCCCCCCCCCCCCC)C(O)/C=C/CCCCCCCCCCC. The van der Waals surface area contributed by atoms with Crippen molar-refractivity contribution >= 4 is 11.9 Å². The summed E-state index contributed by atoms with van der Waals surface area (Å²) in [5.74, 6) is -1.20. The van der Waals surface area contributed by atoms with Crippen molar-refractivity contribution in [2.45, 2.75) is 391 Å². The average molecular weight is 1130 g/mol. The van der Waals surface area contributed by atoms with Crippen molar-refractivity contribution in [3.05, 3.63) is 24.3 Å². The van der Waals surface area contributed by atoms with Crippen LogP contribution in [-0.4, -0.2) is 99.6 Å². The molecule has 0 aliphatic carbocycles. The van der Waals surface area contributed by atoms with Crippen LogP contribution in [0.15, 0.2) is 24.3 Å². The minimum absolute atomic E-state index is 0.128. The van der Waals surface area contributed by atoms with Crippen molar-refractivity contribution in [2.24, 2.45) is 0 Å². The molecule has 1 heterocycles.